The van der Waals surface area contributed by atoms with Crippen molar-refractivity contribution < 1.29 is 8.42 Å². The fourth-order valence-electron chi connectivity index (χ4n) is 4.24. The molecule has 3 unspecified atom stereocenters. The Hall–Kier alpha value is -0.130. The van der Waals surface area contributed by atoms with Crippen LogP contribution in [0.3, 0.4) is 0 Å². The number of nitrogens with zero attached hydrogens (tertiary/aromatic N) is 1. The van der Waals surface area contributed by atoms with Crippen LogP contribution >= 0.6 is 0 Å². The highest BCUT2D eigenvalue weighted by Crippen LogP contribution is 2.35. The molecule has 1 aliphatic carbocycles. The largest absolute Gasteiger partial charge is 0.316 e. The van der Waals surface area contributed by atoms with Gasteiger partial charge in [-0.3, -0.25) is 0 Å². The van der Waals surface area contributed by atoms with E-state index in [0.717, 1.165) is 32.5 Å². The smallest absolute Gasteiger partial charge is 0.214 e. The zero-order chi connectivity index (χ0) is 13.5. The Morgan fingerprint density at radius 1 is 1.16 bits per heavy atom. The van der Waals surface area contributed by atoms with Gasteiger partial charge in [-0.25, -0.2) is 8.42 Å². The molecule has 3 atom stereocenters. The van der Waals surface area contributed by atoms with E-state index in [1.54, 1.807) is 0 Å². The first-order chi connectivity index (χ1) is 9.08. The summed E-state index contributed by atoms with van der Waals surface area (Å²) in [6.07, 6.45) is 5.92. The first kappa shape index (κ1) is 13.8. The molecule has 3 fully saturated rings. The zero-order valence-corrected chi connectivity index (χ0v) is 12.7. The molecule has 0 radical (unpaired) electrons. The minimum Gasteiger partial charge on any atom is -0.316 e. The van der Waals surface area contributed by atoms with Crippen molar-refractivity contribution in [2.24, 2.45) is 17.8 Å². The molecule has 0 bridgehead atoms. The van der Waals surface area contributed by atoms with Gasteiger partial charge in [0.05, 0.1) is 5.75 Å². The van der Waals surface area contributed by atoms with Crippen LogP contribution in [0.5, 0.6) is 0 Å². The molecule has 1 saturated carbocycles. The number of rotatable bonds is 3. The van der Waals surface area contributed by atoms with Crippen LogP contribution in [0, 0.1) is 17.8 Å². The number of hydrogen-bond acceptors (Lipinski definition) is 3. The van der Waals surface area contributed by atoms with Crippen LogP contribution in [-0.4, -0.2) is 44.2 Å². The van der Waals surface area contributed by atoms with Crippen molar-refractivity contribution in [3.05, 3.63) is 0 Å². The first-order valence-electron chi connectivity index (χ1n) is 7.78. The lowest BCUT2D eigenvalue weighted by molar-refractivity contribution is 0.343. The summed E-state index contributed by atoms with van der Waals surface area (Å²) in [5.74, 6) is 1.87. The van der Waals surface area contributed by atoms with E-state index in [-0.39, 0.29) is 6.04 Å². The van der Waals surface area contributed by atoms with Crippen LogP contribution in [0.15, 0.2) is 0 Å². The van der Waals surface area contributed by atoms with Crippen molar-refractivity contribution in [1.82, 2.24) is 9.62 Å². The van der Waals surface area contributed by atoms with Crippen molar-refractivity contribution in [1.29, 1.82) is 0 Å². The molecule has 5 heteroatoms. The van der Waals surface area contributed by atoms with Crippen LogP contribution in [-0.2, 0) is 10.0 Å². The number of sulfonamides is 1. The summed E-state index contributed by atoms with van der Waals surface area (Å²) < 4.78 is 27.1. The average Bonchev–Trinajstić information content (AvgIpc) is 2.94. The fourth-order valence-corrected chi connectivity index (χ4v) is 6.45. The zero-order valence-electron chi connectivity index (χ0n) is 11.8. The predicted molar refractivity (Wildman–Crippen MR) is 76.4 cm³/mol. The molecule has 1 N–H and O–H groups in total. The van der Waals surface area contributed by atoms with E-state index in [0.29, 0.717) is 23.5 Å². The van der Waals surface area contributed by atoms with Crippen molar-refractivity contribution in [2.75, 3.05) is 25.4 Å². The van der Waals surface area contributed by atoms with Crippen LogP contribution in [0.1, 0.15) is 39.0 Å². The molecule has 2 heterocycles. The summed E-state index contributed by atoms with van der Waals surface area (Å²) in [4.78, 5) is 0. The van der Waals surface area contributed by atoms with E-state index in [9.17, 15) is 8.42 Å². The second-order valence-electron chi connectivity index (χ2n) is 6.68. The van der Waals surface area contributed by atoms with Crippen LogP contribution in [0.4, 0.5) is 0 Å². The molecular formula is C14H26N2O2S. The average molecular weight is 286 g/mol. The maximum atomic E-state index is 12.6. The van der Waals surface area contributed by atoms with Crippen LogP contribution in [0.2, 0.25) is 0 Å². The third kappa shape index (κ3) is 2.69. The molecule has 2 saturated heterocycles. The van der Waals surface area contributed by atoms with E-state index in [2.05, 4.69) is 12.2 Å². The number of hydrogen-bond donors (Lipinski definition) is 1. The maximum Gasteiger partial charge on any atom is 0.214 e. The Morgan fingerprint density at radius 2 is 1.89 bits per heavy atom. The molecule has 19 heavy (non-hydrogen) atoms. The van der Waals surface area contributed by atoms with E-state index < -0.39 is 10.0 Å². The number of fused-ring (bicyclic) bond motifs is 1. The molecule has 3 rings (SSSR count). The summed E-state index contributed by atoms with van der Waals surface area (Å²) in [5.41, 5.74) is 0. The molecule has 0 aromatic carbocycles. The number of nitrogens with one attached hydrogen (secondary N) is 1. The Balaban J connectivity index is 1.67. The molecule has 2 aliphatic heterocycles. The summed E-state index contributed by atoms with van der Waals surface area (Å²) in [6, 6.07) is 0.189. The summed E-state index contributed by atoms with van der Waals surface area (Å²) >= 11 is 0. The van der Waals surface area contributed by atoms with E-state index >= 15 is 0 Å². The quantitative estimate of drug-likeness (QED) is 0.854. The minimum atomic E-state index is -3.05. The maximum absolute atomic E-state index is 12.6. The topological polar surface area (TPSA) is 49.4 Å². The van der Waals surface area contributed by atoms with Gasteiger partial charge in [-0.15, -0.1) is 0 Å². The third-order valence-corrected chi connectivity index (χ3v) is 7.50. The molecule has 0 aromatic rings. The standard InChI is InChI=1S/C14H26N2O2S/c1-11-14-8-15-7-13(14)9-16(11)19(17,18)10-12-5-3-2-4-6-12/h11-15H,2-10H2,1H3. The Kier molecular flexibility index (Phi) is 3.89. The van der Waals surface area contributed by atoms with Crippen molar-refractivity contribution >= 4 is 10.0 Å². The highest BCUT2D eigenvalue weighted by Gasteiger charge is 2.46. The summed E-state index contributed by atoms with van der Waals surface area (Å²) in [7, 11) is -3.05. The summed E-state index contributed by atoms with van der Waals surface area (Å²) in [6.45, 7) is 4.82. The van der Waals surface area contributed by atoms with Crippen molar-refractivity contribution in [3.8, 4) is 0 Å². The monoisotopic (exact) mass is 286 g/mol. The van der Waals surface area contributed by atoms with Crippen molar-refractivity contribution in [2.45, 2.75) is 45.1 Å². The molecule has 0 aromatic heterocycles. The van der Waals surface area contributed by atoms with Gasteiger partial charge in [0.25, 0.3) is 0 Å². The highest BCUT2D eigenvalue weighted by molar-refractivity contribution is 7.89. The van der Waals surface area contributed by atoms with E-state index in [1.807, 2.05) is 4.31 Å². The van der Waals surface area contributed by atoms with Gasteiger partial charge in [0.15, 0.2) is 0 Å². The van der Waals surface area contributed by atoms with Gasteiger partial charge in [-0.1, -0.05) is 19.3 Å². The van der Waals surface area contributed by atoms with Gasteiger partial charge in [0.1, 0.15) is 0 Å². The van der Waals surface area contributed by atoms with E-state index in [4.69, 9.17) is 0 Å². The van der Waals surface area contributed by atoms with Crippen molar-refractivity contribution in [3.63, 3.8) is 0 Å². The molecule has 110 valence electrons. The normalized spacial score (nSPS) is 37.6. The molecular weight excluding hydrogens is 260 g/mol. The first-order valence-corrected chi connectivity index (χ1v) is 9.39. The van der Waals surface area contributed by atoms with Gasteiger partial charge in [-0.2, -0.15) is 4.31 Å². The lowest BCUT2D eigenvalue weighted by Gasteiger charge is -2.28. The highest BCUT2D eigenvalue weighted by atomic mass is 32.2. The molecule has 4 nitrogen and oxygen atoms in total. The predicted octanol–water partition coefficient (Wildman–Crippen LogP) is 1.44. The summed E-state index contributed by atoms with van der Waals surface area (Å²) in [5, 5.41) is 3.39. The van der Waals surface area contributed by atoms with Gasteiger partial charge < -0.3 is 5.32 Å². The second kappa shape index (κ2) is 5.34. The fraction of sp³-hybridized carbons (Fsp3) is 1.00. The second-order valence-corrected chi connectivity index (χ2v) is 8.64. The molecule has 0 spiro atoms. The minimum absolute atomic E-state index is 0.189. The van der Waals surface area contributed by atoms with Gasteiger partial charge in [-0.05, 0) is 50.6 Å². The molecule has 0 amide bonds. The lowest BCUT2D eigenvalue weighted by Crippen LogP contribution is -2.40. The van der Waals surface area contributed by atoms with E-state index in [1.165, 1.54) is 19.3 Å². The van der Waals surface area contributed by atoms with Crippen LogP contribution < -0.4 is 5.32 Å². The van der Waals surface area contributed by atoms with Gasteiger partial charge in [0.2, 0.25) is 10.0 Å². The third-order valence-electron chi connectivity index (χ3n) is 5.41. The Morgan fingerprint density at radius 3 is 2.58 bits per heavy atom. The van der Waals surface area contributed by atoms with Crippen LogP contribution in [0.25, 0.3) is 0 Å². The van der Waals surface area contributed by atoms with Gasteiger partial charge in [0, 0.05) is 12.6 Å². The Labute approximate surface area is 117 Å². The SMILES string of the molecule is CC1C2CNCC2CN1S(=O)(=O)CC1CCCCC1. The molecule has 3 aliphatic rings. The lowest BCUT2D eigenvalue weighted by atomic mass is 9.91. The van der Waals surface area contributed by atoms with Gasteiger partial charge >= 0.3 is 0 Å². The Bertz CT molecular complexity index is 417.